The summed E-state index contributed by atoms with van der Waals surface area (Å²) in [5, 5.41) is 0. The molecule has 0 aromatic heterocycles. The lowest BCUT2D eigenvalue weighted by Gasteiger charge is -2.45. The van der Waals surface area contributed by atoms with Crippen molar-refractivity contribution in [3.05, 3.63) is 24.3 Å². The van der Waals surface area contributed by atoms with Crippen molar-refractivity contribution in [1.82, 2.24) is 9.21 Å². The summed E-state index contributed by atoms with van der Waals surface area (Å²) in [4.78, 5) is 14.4. The zero-order valence-corrected chi connectivity index (χ0v) is 17.7. The number of carbonyl (C=O) groups excluding carboxylic acids is 1. The first kappa shape index (κ1) is 21.1. The van der Waals surface area contributed by atoms with Crippen LogP contribution >= 0.6 is 0 Å². The van der Waals surface area contributed by atoms with Crippen LogP contribution in [0.3, 0.4) is 0 Å². The second-order valence-electron chi connectivity index (χ2n) is 8.05. The second-order valence-corrected chi connectivity index (χ2v) is 9.95. The molecule has 1 amide bonds. The molecule has 3 rings (SSSR count). The van der Waals surface area contributed by atoms with Gasteiger partial charge in [0.15, 0.2) is 0 Å². The molecule has 0 N–H and O–H groups in total. The van der Waals surface area contributed by atoms with Crippen molar-refractivity contribution in [2.24, 2.45) is 11.3 Å². The maximum absolute atomic E-state index is 13.3. The van der Waals surface area contributed by atoms with Crippen LogP contribution in [-0.2, 0) is 19.6 Å². The molecule has 1 saturated heterocycles. The topological polar surface area (TPSA) is 76.2 Å². The summed E-state index contributed by atoms with van der Waals surface area (Å²) in [6, 6.07) is 6.79. The lowest BCUT2D eigenvalue weighted by molar-refractivity contribution is -0.137. The van der Waals surface area contributed by atoms with Crippen LogP contribution in [0.2, 0.25) is 0 Å². The van der Waals surface area contributed by atoms with Gasteiger partial charge in [-0.2, -0.15) is 4.31 Å². The highest BCUT2D eigenvalue weighted by Gasteiger charge is 2.43. The number of sulfonamides is 1. The normalized spacial score (nSPS) is 21.6. The summed E-state index contributed by atoms with van der Waals surface area (Å²) in [6.07, 6.45) is 1.43. The highest BCUT2D eigenvalue weighted by Crippen LogP contribution is 2.39. The van der Waals surface area contributed by atoms with E-state index in [4.69, 9.17) is 9.47 Å². The number of carbonyl (C=O) groups is 1. The Labute approximate surface area is 167 Å². The maximum atomic E-state index is 13.3. The Morgan fingerprint density at radius 3 is 2.57 bits per heavy atom. The Hall–Kier alpha value is -1.64. The predicted molar refractivity (Wildman–Crippen MR) is 106 cm³/mol. The molecule has 1 spiro atoms. The van der Waals surface area contributed by atoms with E-state index in [-0.39, 0.29) is 22.1 Å². The summed E-state index contributed by atoms with van der Waals surface area (Å²) < 4.78 is 39.3. The van der Waals surface area contributed by atoms with E-state index in [9.17, 15) is 13.2 Å². The fourth-order valence-corrected chi connectivity index (χ4v) is 5.59. The van der Waals surface area contributed by atoms with E-state index in [2.05, 4.69) is 0 Å². The van der Waals surface area contributed by atoms with Crippen molar-refractivity contribution in [3.8, 4) is 5.75 Å². The van der Waals surface area contributed by atoms with Gasteiger partial charge in [-0.05, 0) is 25.0 Å². The number of likely N-dealkylation sites (tertiary alicyclic amines) is 1. The van der Waals surface area contributed by atoms with Gasteiger partial charge in [0.1, 0.15) is 10.6 Å². The van der Waals surface area contributed by atoms with Crippen molar-refractivity contribution >= 4 is 15.9 Å². The molecule has 156 valence electrons. The molecular weight excluding hydrogens is 380 g/mol. The molecule has 0 aliphatic carbocycles. The van der Waals surface area contributed by atoms with Gasteiger partial charge in [0.2, 0.25) is 15.9 Å². The third-order valence-corrected chi connectivity index (χ3v) is 7.57. The summed E-state index contributed by atoms with van der Waals surface area (Å²) >= 11 is 0. The zero-order valence-electron chi connectivity index (χ0n) is 16.9. The predicted octanol–water partition coefficient (Wildman–Crippen LogP) is 1.98. The molecule has 2 heterocycles. The molecule has 1 aromatic carbocycles. The number of piperidine rings is 1. The Morgan fingerprint density at radius 1 is 1.25 bits per heavy atom. The minimum Gasteiger partial charge on any atom is -0.492 e. The zero-order chi connectivity index (χ0) is 20.4. The lowest BCUT2D eigenvalue weighted by Crippen LogP contribution is -2.53. The van der Waals surface area contributed by atoms with Gasteiger partial charge in [-0.25, -0.2) is 8.42 Å². The van der Waals surface area contributed by atoms with Crippen LogP contribution < -0.4 is 4.74 Å². The molecular formula is C20H30N2O5S. The van der Waals surface area contributed by atoms with Crippen molar-refractivity contribution in [3.63, 3.8) is 0 Å². The molecule has 0 atom stereocenters. The Bertz CT molecular complexity index is 801. The summed E-state index contributed by atoms with van der Waals surface area (Å²) in [7, 11) is -2.12. The van der Waals surface area contributed by atoms with Gasteiger partial charge in [0.25, 0.3) is 0 Å². The monoisotopic (exact) mass is 410 g/mol. The number of amides is 1. The fourth-order valence-electron chi connectivity index (χ4n) is 3.92. The largest absolute Gasteiger partial charge is 0.492 e. The van der Waals surface area contributed by atoms with Gasteiger partial charge in [-0.1, -0.05) is 26.0 Å². The highest BCUT2D eigenvalue weighted by molar-refractivity contribution is 7.89. The summed E-state index contributed by atoms with van der Waals surface area (Å²) in [5.74, 6) is 0.508. The van der Waals surface area contributed by atoms with Crippen LogP contribution in [0.25, 0.3) is 0 Å². The van der Waals surface area contributed by atoms with Crippen LogP contribution in [0, 0.1) is 11.3 Å². The van der Waals surface area contributed by atoms with E-state index in [1.165, 1.54) is 4.31 Å². The SMILES string of the molecule is COCCN1CC2(CCN(C(=O)C(C)C)CC2)COc2ccccc2S1(=O)=O. The fraction of sp³-hybridized carbons (Fsp3) is 0.650. The van der Waals surface area contributed by atoms with Crippen molar-refractivity contribution in [1.29, 1.82) is 0 Å². The molecule has 8 heteroatoms. The number of ether oxygens (including phenoxy) is 2. The number of para-hydroxylation sites is 1. The molecule has 2 aliphatic rings. The number of benzene rings is 1. The van der Waals surface area contributed by atoms with Gasteiger partial charge in [-0.15, -0.1) is 0 Å². The lowest BCUT2D eigenvalue weighted by atomic mass is 9.78. The Kier molecular flexibility index (Phi) is 6.31. The van der Waals surface area contributed by atoms with Crippen molar-refractivity contribution < 1.29 is 22.7 Å². The standard InChI is InChI=1S/C20H30N2O5S/c1-16(2)19(23)21-10-8-20(9-11-21)14-22(12-13-26-3)28(24,25)18-7-5-4-6-17(18)27-15-20/h4-7,16H,8-15H2,1-3H3. The van der Waals surface area contributed by atoms with E-state index in [1.54, 1.807) is 31.4 Å². The summed E-state index contributed by atoms with van der Waals surface area (Å²) in [5.41, 5.74) is -0.317. The quantitative estimate of drug-likeness (QED) is 0.759. The van der Waals surface area contributed by atoms with Crippen LogP contribution in [0.5, 0.6) is 5.75 Å². The van der Waals surface area contributed by atoms with E-state index < -0.39 is 10.0 Å². The molecule has 0 radical (unpaired) electrons. The number of rotatable bonds is 4. The molecule has 0 unspecified atom stereocenters. The highest BCUT2D eigenvalue weighted by atomic mass is 32.2. The Balaban J connectivity index is 1.88. The third-order valence-electron chi connectivity index (χ3n) is 5.69. The number of nitrogens with zero attached hydrogens (tertiary/aromatic N) is 2. The number of fused-ring (bicyclic) bond motifs is 1. The van der Waals surface area contributed by atoms with E-state index in [1.807, 2.05) is 18.7 Å². The number of methoxy groups -OCH3 is 1. The van der Waals surface area contributed by atoms with Gasteiger partial charge in [0, 0.05) is 44.6 Å². The molecule has 7 nitrogen and oxygen atoms in total. The maximum Gasteiger partial charge on any atom is 0.246 e. The average Bonchev–Trinajstić information content (AvgIpc) is 2.69. The molecule has 2 aliphatic heterocycles. The smallest absolute Gasteiger partial charge is 0.246 e. The van der Waals surface area contributed by atoms with Crippen molar-refractivity contribution in [2.75, 3.05) is 46.5 Å². The average molecular weight is 411 g/mol. The third kappa shape index (κ3) is 4.18. The van der Waals surface area contributed by atoms with Gasteiger partial charge < -0.3 is 14.4 Å². The first-order valence-electron chi connectivity index (χ1n) is 9.79. The summed E-state index contributed by atoms with van der Waals surface area (Å²) in [6.45, 7) is 6.49. The molecule has 1 aromatic rings. The van der Waals surface area contributed by atoms with E-state index >= 15 is 0 Å². The first-order chi connectivity index (χ1) is 13.3. The Morgan fingerprint density at radius 2 is 1.93 bits per heavy atom. The van der Waals surface area contributed by atoms with Crippen LogP contribution in [0.15, 0.2) is 29.2 Å². The minimum absolute atomic E-state index is 0.0342. The number of hydrogen-bond donors (Lipinski definition) is 0. The van der Waals surface area contributed by atoms with Crippen LogP contribution in [0.4, 0.5) is 0 Å². The second kappa shape index (κ2) is 8.39. The van der Waals surface area contributed by atoms with Gasteiger partial charge in [-0.3, -0.25) is 4.79 Å². The molecule has 1 fully saturated rings. The molecule has 0 saturated carbocycles. The van der Waals surface area contributed by atoms with Crippen LogP contribution in [0.1, 0.15) is 26.7 Å². The van der Waals surface area contributed by atoms with Gasteiger partial charge >= 0.3 is 0 Å². The molecule has 0 bridgehead atoms. The number of hydrogen-bond acceptors (Lipinski definition) is 5. The first-order valence-corrected chi connectivity index (χ1v) is 11.2. The minimum atomic E-state index is -3.69. The van der Waals surface area contributed by atoms with Crippen molar-refractivity contribution in [2.45, 2.75) is 31.6 Å². The van der Waals surface area contributed by atoms with E-state index in [0.717, 1.165) is 0 Å². The van der Waals surface area contributed by atoms with Crippen LogP contribution in [-0.4, -0.2) is 70.0 Å². The van der Waals surface area contributed by atoms with Gasteiger partial charge in [0.05, 0.1) is 13.2 Å². The van der Waals surface area contributed by atoms with E-state index in [0.29, 0.717) is 58.0 Å². The molecule has 28 heavy (non-hydrogen) atoms.